The predicted octanol–water partition coefficient (Wildman–Crippen LogP) is 12.3. The van der Waals surface area contributed by atoms with E-state index >= 15 is 0 Å². The van der Waals surface area contributed by atoms with Crippen LogP contribution in [-0.2, 0) is 0 Å². The van der Waals surface area contributed by atoms with E-state index in [4.69, 9.17) is 4.98 Å². The normalized spacial score (nSPS) is 11.3. The number of nitrogens with zero attached hydrogens (tertiary/aromatic N) is 2. The van der Waals surface area contributed by atoms with Gasteiger partial charge < -0.3 is 0 Å². The Morgan fingerprint density at radius 3 is 1.31 bits per heavy atom. The zero-order valence-electron chi connectivity index (χ0n) is 26.2. The maximum atomic E-state index is 4.71. The van der Waals surface area contributed by atoms with E-state index in [9.17, 15) is 0 Å². The second-order valence-corrected chi connectivity index (χ2v) is 12.2. The molecule has 48 heavy (non-hydrogen) atoms. The first-order chi connectivity index (χ1) is 23.8. The molecule has 9 rings (SSSR count). The highest BCUT2D eigenvalue weighted by molar-refractivity contribution is 6.25. The highest BCUT2D eigenvalue weighted by Crippen LogP contribution is 2.40. The molecule has 0 N–H and O–H groups in total. The minimum absolute atomic E-state index is 0.897. The summed E-state index contributed by atoms with van der Waals surface area (Å²) in [6.45, 7) is 0. The highest BCUT2D eigenvalue weighted by Gasteiger charge is 2.13. The predicted molar refractivity (Wildman–Crippen MR) is 202 cm³/mol. The van der Waals surface area contributed by atoms with Gasteiger partial charge in [-0.05, 0) is 90.0 Å². The third kappa shape index (κ3) is 4.92. The zero-order chi connectivity index (χ0) is 31.9. The quantitative estimate of drug-likeness (QED) is 0.181. The number of benzene rings is 8. The van der Waals surface area contributed by atoms with E-state index < -0.39 is 0 Å². The van der Waals surface area contributed by atoms with Crippen LogP contribution in [0.25, 0.3) is 88.2 Å². The van der Waals surface area contributed by atoms with Crippen LogP contribution < -0.4 is 0 Å². The van der Waals surface area contributed by atoms with Gasteiger partial charge in [-0.2, -0.15) is 0 Å². The third-order valence-corrected chi connectivity index (χ3v) is 9.38. The molecule has 2 nitrogen and oxygen atoms in total. The molecular weight excluding hydrogens is 581 g/mol. The van der Waals surface area contributed by atoms with Gasteiger partial charge in [-0.1, -0.05) is 152 Å². The van der Waals surface area contributed by atoms with E-state index in [-0.39, 0.29) is 0 Å². The summed E-state index contributed by atoms with van der Waals surface area (Å²) in [5.74, 6) is 0. The van der Waals surface area contributed by atoms with Crippen molar-refractivity contribution in [2.75, 3.05) is 0 Å². The second-order valence-electron chi connectivity index (χ2n) is 12.2. The molecule has 9 aromatic rings. The molecule has 0 amide bonds. The Bertz CT molecular complexity index is 2580. The van der Waals surface area contributed by atoms with Gasteiger partial charge in [0, 0.05) is 11.1 Å². The molecule has 0 fully saturated rings. The lowest BCUT2D eigenvalue weighted by molar-refractivity contribution is 1.18. The SMILES string of the molecule is c1ccc(-c2cccc(-c3cc(-c4cccc(-c5ccccc5-c5ccc6c7ccccc7c7ccccc7c6c5)c4)ncn3)c2)cc1. The molecule has 0 atom stereocenters. The molecular formula is C46H30N2. The van der Waals surface area contributed by atoms with Crippen LogP contribution in [0.2, 0.25) is 0 Å². The first-order valence-electron chi connectivity index (χ1n) is 16.3. The van der Waals surface area contributed by atoms with Crippen LogP contribution in [-0.4, -0.2) is 9.97 Å². The van der Waals surface area contributed by atoms with Crippen LogP contribution in [0.1, 0.15) is 0 Å². The van der Waals surface area contributed by atoms with Gasteiger partial charge in [0.15, 0.2) is 0 Å². The fraction of sp³-hybridized carbons (Fsp3) is 0. The second kappa shape index (κ2) is 11.8. The molecule has 224 valence electrons. The summed E-state index contributed by atoms with van der Waals surface area (Å²) >= 11 is 0. The Balaban J connectivity index is 1.12. The smallest absolute Gasteiger partial charge is 0.116 e. The molecule has 0 radical (unpaired) electrons. The standard InChI is InChI=1S/C46H30N2/c1-2-12-31(13-3-1)32-14-10-16-35(26-32)45-29-46(48-30-47-45)36-17-11-15-33(27-36)37-18-4-5-19-38(37)34-24-25-43-41-22-7-6-20-39(41)40-21-8-9-23-42(40)44(43)28-34/h1-30H. The van der Waals surface area contributed by atoms with Gasteiger partial charge in [-0.3, -0.25) is 0 Å². The molecule has 0 unspecified atom stereocenters. The van der Waals surface area contributed by atoms with Crippen molar-refractivity contribution in [3.05, 3.63) is 182 Å². The lowest BCUT2D eigenvalue weighted by Gasteiger charge is -2.15. The van der Waals surface area contributed by atoms with Crippen molar-refractivity contribution in [3.8, 4) is 55.9 Å². The van der Waals surface area contributed by atoms with Gasteiger partial charge in [0.25, 0.3) is 0 Å². The number of aromatic nitrogens is 2. The maximum Gasteiger partial charge on any atom is 0.116 e. The van der Waals surface area contributed by atoms with Crippen molar-refractivity contribution in [2.24, 2.45) is 0 Å². The summed E-state index contributed by atoms with van der Waals surface area (Å²) in [7, 11) is 0. The van der Waals surface area contributed by atoms with Gasteiger partial charge >= 0.3 is 0 Å². The minimum Gasteiger partial charge on any atom is -0.236 e. The lowest BCUT2D eigenvalue weighted by atomic mass is 9.89. The molecule has 0 spiro atoms. The van der Waals surface area contributed by atoms with E-state index in [2.05, 4.69) is 175 Å². The van der Waals surface area contributed by atoms with Crippen molar-refractivity contribution in [2.45, 2.75) is 0 Å². The van der Waals surface area contributed by atoms with Gasteiger partial charge in [0.2, 0.25) is 0 Å². The van der Waals surface area contributed by atoms with Gasteiger partial charge in [-0.25, -0.2) is 9.97 Å². The van der Waals surface area contributed by atoms with Crippen molar-refractivity contribution >= 4 is 32.3 Å². The molecule has 0 aliphatic rings. The number of hydrogen-bond donors (Lipinski definition) is 0. The van der Waals surface area contributed by atoms with E-state index in [1.165, 1.54) is 60.1 Å². The van der Waals surface area contributed by atoms with Crippen LogP contribution in [0.5, 0.6) is 0 Å². The average molecular weight is 611 g/mol. The fourth-order valence-corrected chi connectivity index (χ4v) is 7.07. The average Bonchev–Trinajstić information content (AvgIpc) is 3.18. The highest BCUT2D eigenvalue weighted by atomic mass is 14.8. The van der Waals surface area contributed by atoms with Crippen molar-refractivity contribution in [1.29, 1.82) is 0 Å². The summed E-state index contributed by atoms with van der Waals surface area (Å²) in [6.07, 6.45) is 1.67. The first-order valence-corrected chi connectivity index (χ1v) is 16.3. The van der Waals surface area contributed by atoms with Crippen LogP contribution >= 0.6 is 0 Å². The summed E-state index contributed by atoms with van der Waals surface area (Å²) in [5, 5.41) is 7.70. The molecule has 8 aromatic carbocycles. The van der Waals surface area contributed by atoms with Crippen molar-refractivity contribution < 1.29 is 0 Å². The van der Waals surface area contributed by atoms with Gasteiger partial charge in [0.05, 0.1) is 11.4 Å². The third-order valence-electron chi connectivity index (χ3n) is 9.38. The Morgan fingerprint density at radius 1 is 0.250 bits per heavy atom. The van der Waals surface area contributed by atoms with E-state index in [0.717, 1.165) is 28.1 Å². The molecule has 0 bridgehead atoms. The topological polar surface area (TPSA) is 25.8 Å². The summed E-state index contributed by atoms with van der Waals surface area (Å²) in [6, 6.07) is 62.9. The Morgan fingerprint density at radius 2 is 0.688 bits per heavy atom. The molecule has 0 aliphatic heterocycles. The largest absolute Gasteiger partial charge is 0.236 e. The number of hydrogen-bond acceptors (Lipinski definition) is 2. The summed E-state index contributed by atoms with van der Waals surface area (Å²) in [5.41, 5.74) is 11.0. The maximum absolute atomic E-state index is 4.71. The van der Waals surface area contributed by atoms with Gasteiger partial charge in [0.1, 0.15) is 6.33 Å². The van der Waals surface area contributed by atoms with Crippen molar-refractivity contribution in [1.82, 2.24) is 9.97 Å². The molecule has 1 heterocycles. The number of fused-ring (bicyclic) bond motifs is 6. The van der Waals surface area contributed by atoms with Crippen LogP contribution in [0.4, 0.5) is 0 Å². The Kier molecular flexibility index (Phi) is 6.84. The number of rotatable bonds is 5. The van der Waals surface area contributed by atoms with E-state index in [1.807, 2.05) is 6.07 Å². The minimum atomic E-state index is 0.897. The van der Waals surface area contributed by atoms with Crippen LogP contribution in [0.15, 0.2) is 182 Å². The first kappa shape index (κ1) is 27.9. The Labute approximate surface area is 279 Å². The van der Waals surface area contributed by atoms with Crippen molar-refractivity contribution in [3.63, 3.8) is 0 Å². The summed E-state index contributed by atoms with van der Waals surface area (Å²) in [4.78, 5) is 9.37. The van der Waals surface area contributed by atoms with Crippen LogP contribution in [0.3, 0.4) is 0 Å². The molecule has 0 saturated heterocycles. The summed E-state index contributed by atoms with van der Waals surface area (Å²) < 4.78 is 0. The zero-order valence-corrected chi connectivity index (χ0v) is 26.2. The lowest BCUT2D eigenvalue weighted by Crippen LogP contribution is -1.91. The molecule has 1 aromatic heterocycles. The van der Waals surface area contributed by atoms with Gasteiger partial charge in [-0.15, -0.1) is 0 Å². The molecule has 0 aliphatic carbocycles. The van der Waals surface area contributed by atoms with E-state index in [1.54, 1.807) is 6.33 Å². The fourth-order valence-electron chi connectivity index (χ4n) is 7.07. The molecule has 0 saturated carbocycles. The monoisotopic (exact) mass is 610 g/mol. The molecule has 2 heteroatoms. The van der Waals surface area contributed by atoms with E-state index in [0.29, 0.717) is 0 Å². The van der Waals surface area contributed by atoms with Crippen LogP contribution in [0, 0.1) is 0 Å². The Hall–Kier alpha value is -6.38.